The summed E-state index contributed by atoms with van der Waals surface area (Å²) in [6.07, 6.45) is 3.29. The Labute approximate surface area is 200 Å². The van der Waals surface area contributed by atoms with Crippen LogP contribution in [0.1, 0.15) is 22.7 Å². The standard InChI is InChI=1S/C23H17N9O2S/c24-11-16-19(26)18-20(29-23(28-12-25)31-22(18)30-21(16)27)14-6-7-17-13(10-14)8-9-32(17)35(33,34)15-4-2-1-3-5-15/h1-10,20H,(H6,26,27,28,29,30,31). The number of rotatable bonds is 3. The van der Waals surface area contributed by atoms with E-state index >= 15 is 0 Å². The van der Waals surface area contributed by atoms with E-state index in [4.69, 9.17) is 16.7 Å². The predicted molar refractivity (Wildman–Crippen MR) is 130 cm³/mol. The molecule has 172 valence electrons. The first-order chi connectivity index (χ1) is 16.8. The number of nitrogens with two attached hydrogens (primary N) is 2. The van der Waals surface area contributed by atoms with Gasteiger partial charge in [-0.3, -0.25) is 5.32 Å². The summed E-state index contributed by atoms with van der Waals surface area (Å²) < 4.78 is 27.5. The highest BCUT2D eigenvalue weighted by atomic mass is 32.2. The molecule has 5 rings (SSSR count). The SMILES string of the molecule is N#CNC1=NC(c2ccc3c(ccn3S(=O)(=O)c3ccccc3)c2)c2c(nc(N)c(C#N)c2N)N1. The maximum atomic E-state index is 13.1. The van der Waals surface area contributed by atoms with Crippen molar-refractivity contribution in [2.45, 2.75) is 10.9 Å². The van der Waals surface area contributed by atoms with Crippen molar-refractivity contribution >= 4 is 44.2 Å². The summed E-state index contributed by atoms with van der Waals surface area (Å²) in [4.78, 5) is 8.94. The molecule has 4 aromatic rings. The third kappa shape index (κ3) is 3.45. The summed E-state index contributed by atoms with van der Waals surface area (Å²) in [7, 11) is -3.79. The molecule has 1 aliphatic rings. The number of guanidine groups is 1. The molecule has 2 aromatic carbocycles. The highest BCUT2D eigenvalue weighted by molar-refractivity contribution is 7.90. The minimum atomic E-state index is -3.79. The molecule has 11 nitrogen and oxygen atoms in total. The molecule has 3 heterocycles. The summed E-state index contributed by atoms with van der Waals surface area (Å²) in [5, 5.41) is 24.5. The van der Waals surface area contributed by atoms with Crippen molar-refractivity contribution in [2.24, 2.45) is 4.99 Å². The molecule has 0 fully saturated rings. The van der Waals surface area contributed by atoms with Gasteiger partial charge >= 0.3 is 0 Å². The molecule has 1 atom stereocenters. The number of nitriles is 2. The van der Waals surface area contributed by atoms with Crippen molar-refractivity contribution in [3.05, 3.63) is 77.5 Å². The lowest BCUT2D eigenvalue weighted by Gasteiger charge is -2.26. The van der Waals surface area contributed by atoms with Gasteiger partial charge in [0.2, 0.25) is 5.96 Å². The number of fused-ring (bicyclic) bond motifs is 2. The minimum absolute atomic E-state index is 0.0311. The fourth-order valence-corrected chi connectivity index (χ4v) is 5.42. The predicted octanol–water partition coefficient (Wildman–Crippen LogP) is 2.25. The second-order valence-electron chi connectivity index (χ2n) is 7.65. The van der Waals surface area contributed by atoms with Gasteiger partial charge in [-0.25, -0.2) is 22.4 Å². The van der Waals surface area contributed by atoms with Crippen molar-refractivity contribution in [2.75, 3.05) is 16.8 Å². The van der Waals surface area contributed by atoms with E-state index in [0.29, 0.717) is 22.0 Å². The summed E-state index contributed by atoms with van der Waals surface area (Å²) in [5.41, 5.74) is 13.9. The van der Waals surface area contributed by atoms with Crippen molar-refractivity contribution in [1.82, 2.24) is 14.3 Å². The average molecular weight is 484 g/mol. The van der Waals surface area contributed by atoms with Crippen LogP contribution < -0.4 is 22.1 Å². The fraction of sp³-hybridized carbons (Fsp3) is 0.0435. The number of pyridine rings is 1. The Kier molecular flexibility index (Phi) is 5.01. The van der Waals surface area contributed by atoms with E-state index in [1.54, 1.807) is 48.7 Å². The molecule has 0 radical (unpaired) electrons. The molecule has 0 amide bonds. The molecule has 0 aliphatic carbocycles. The maximum absolute atomic E-state index is 13.1. The first-order valence-electron chi connectivity index (χ1n) is 10.3. The van der Waals surface area contributed by atoms with Gasteiger partial charge in [-0.2, -0.15) is 10.5 Å². The van der Waals surface area contributed by atoms with E-state index in [9.17, 15) is 13.7 Å². The normalized spacial score (nSPS) is 14.8. The molecule has 0 saturated heterocycles. The zero-order valence-electron chi connectivity index (χ0n) is 18.0. The zero-order valence-corrected chi connectivity index (χ0v) is 18.8. The van der Waals surface area contributed by atoms with Crippen molar-refractivity contribution in [3.63, 3.8) is 0 Å². The van der Waals surface area contributed by atoms with E-state index in [-0.39, 0.29) is 33.7 Å². The maximum Gasteiger partial charge on any atom is 0.268 e. The lowest BCUT2D eigenvalue weighted by atomic mass is 9.94. The molecule has 1 aliphatic heterocycles. The number of nitrogens with zero attached hydrogens (tertiary/aromatic N) is 5. The quantitative estimate of drug-likeness (QED) is 0.250. The topological polar surface area (TPSA) is 188 Å². The molecule has 0 spiro atoms. The van der Waals surface area contributed by atoms with Gasteiger partial charge in [-0.1, -0.05) is 24.3 Å². The van der Waals surface area contributed by atoms with Crippen LogP contribution in [0.2, 0.25) is 0 Å². The van der Waals surface area contributed by atoms with Gasteiger partial charge in [-0.05, 0) is 35.9 Å². The highest BCUT2D eigenvalue weighted by Crippen LogP contribution is 2.41. The summed E-state index contributed by atoms with van der Waals surface area (Å²) in [6.45, 7) is 0. The number of nitrogens with one attached hydrogen (secondary N) is 2. The fourth-order valence-electron chi connectivity index (χ4n) is 4.04. The van der Waals surface area contributed by atoms with Crippen LogP contribution in [0, 0.1) is 22.8 Å². The Balaban J connectivity index is 1.66. The minimum Gasteiger partial charge on any atom is -0.397 e. The van der Waals surface area contributed by atoms with Gasteiger partial charge in [0.05, 0.1) is 16.1 Å². The summed E-state index contributed by atoms with van der Waals surface area (Å²) >= 11 is 0. The number of anilines is 3. The number of hydrogen-bond donors (Lipinski definition) is 4. The van der Waals surface area contributed by atoms with Gasteiger partial charge in [0.1, 0.15) is 29.3 Å². The lowest BCUT2D eigenvalue weighted by Crippen LogP contribution is -2.32. The monoisotopic (exact) mass is 483 g/mol. The van der Waals surface area contributed by atoms with E-state index in [1.807, 2.05) is 6.07 Å². The molecular weight excluding hydrogens is 466 g/mol. The van der Waals surface area contributed by atoms with Crippen molar-refractivity contribution in [3.8, 4) is 12.3 Å². The number of aromatic nitrogens is 2. The smallest absolute Gasteiger partial charge is 0.268 e. The van der Waals surface area contributed by atoms with Crippen molar-refractivity contribution < 1.29 is 8.42 Å². The van der Waals surface area contributed by atoms with Crippen LogP contribution in [0.4, 0.5) is 17.3 Å². The Hall–Kier alpha value is -5.07. The number of benzene rings is 2. The second kappa shape index (κ2) is 8.06. The Morgan fingerprint density at radius 1 is 1.09 bits per heavy atom. The number of aliphatic imine (C=N–C) groups is 1. The van der Waals surface area contributed by atoms with Gasteiger partial charge < -0.3 is 16.8 Å². The van der Waals surface area contributed by atoms with Gasteiger partial charge in [0.15, 0.2) is 6.19 Å². The summed E-state index contributed by atoms with van der Waals surface area (Å²) in [5.74, 6) is 0.346. The number of nitrogen functional groups attached to an aromatic ring is 2. The molecule has 0 saturated carbocycles. The van der Waals surface area contributed by atoms with E-state index in [0.717, 1.165) is 0 Å². The van der Waals surface area contributed by atoms with Crippen LogP contribution >= 0.6 is 0 Å². The van der Waals surface area contributed by atoms with Gasteiger partial charge in [0, 0.05) is 17.1 Å². The van der Waals surface area contributed by atoms with Gasteiger partial charge in [0.25, 0.3) is 10.0 Å². The van der Waals surface area contributed by atoms with E-state index in [2.05, 4.69) is 20.6 Å². The summed E-state index contributed by atoms with van der Waals surface area (Å²) in [6, 6.07) is 16.2. The molecule has 0 bridgehead atoms. The molecule has 6 N–H and O–H groups in total. The Morgan fingerprint density at radius 3 is 2.57 bits per heavy atom. The Bertz CT molecular complexity index is 1710. The van der Waals surface area contributed by atoms with Crippen LogP contribution in [0.15, 0.2) is 70.7 Å². The molecule has 35 heavy (non-hydrogen) atoms. The first-order valence-corrected chi connectivity index (χ1v) is 11.7. The average Bonchev–Trinajstić information content (AvgIpc) is 3.28. The van der Waals surface area contributed by atoms with Gasteiger partial charge in [-0.15, -0.1) is 0 Å². The highest BCUT2D eigenvalue weighted by Gasteiger charge is 2.30. The van der Waals surface area contributed by atoms with Crippen LogP contribution in [0.3, 0.4) is 0 Å². The second-order valence-corrected chi connectivity index (χ2v) is 9.46. The molecular formula is C23H17N9O2S. The van der Waals surface area contributed by atoms with Crippen LogP contribution in [0.25, 0.3) is 10.9 Å². The Morgan fingerprint density at radius 2 is 1.86 bits per heavy atom. The zero-order chi connectivity index (χ0) is 24.7. The third-order valence-corrected chi connectivity index (χ3v) is 7.36. The third-order valence-electron chi connectivity index (χ3n) is 5.65. The van der Waals surface area contributed by atoms with Crippen LogP contribution in [-0.2, 0) is 10.0 Å². The molecule has 12 heteroatoms. The lowest BCUT2D eigenvalue weighted by molar-refractivity contribution is 0.589. The van der Waals surface area contributed by atoms with Crippen LogP contribution in [0.5, 0.6) is 0 Å². The van der Waals surface area contributed by atoms with Crippen LogP contribution in [-0.4, -0.2) is 23.3 Å². The van der Waals surface area contributed by atoms with E-state index in [1.165, 1.54) is 22.3 Å². The largest absolute Gasteiger partial charge is 0.397 e. The molecule has 1 unspecified atom stereocenters. The first kappa shape index (κ1) is 21.8. The molecule has 2 aromatic heterocycles. The van der Waals surface area contributed by atoms with Crippen molar-refractivity contribution in [1.29, 1.82) is 10.5 Å². The number of hydrogen-bond acceptors (Lipinski definition) is 10. The van der Waals surface area contributed by atoms with E-state index < -0.39 is 16.1 Å².